The lowest BCUT2D eigenvalue weighted by Gasteiger charge is -2.17. The molecule has 0 aromatic rings. The van der Waals surface area contributed by atoms with E-state index in [4.69, 9.17) is 5.11 Å². The van der Waals surface area contributed by atoms with Gasteiger partial charge in [0.15, 0.2) is 0 Å². The molecule has 1 aliphatic carbocycles. The summed E-state index contributed by atoms with van der Waals surface area (Å²) in [7, 11) is 0. The van der Waals surface area contributed by atoms with Crippen molar-refractivity contribution in [1.29, 1.82) is 0 Å². The van der Waals surface area contributed by atoms with Crippen molar-refractivity contribution in [3.05, 3.63) is 0 Å². The molecule has 0 aromatic carbocycles. The van der Waals surface area contributed by atoms with Gasteiger partial charge in [0.25, 0.3) is 0 Å². The van der Waals surface area contributed by atoms with E-state index in [0.717, 1.165) is 12.8 Å². The molecule has 0 spiro atoms. The zero-order valence-electron chi connectivity index (χ0n) is 12.1. The van der Waals surface area contributed by atoms with Gasteiger partial charge in [0, 0.05) is 12.3 Å². The average Bonchev–Trinajstić information content (AvgIpc) is 3.06. The molecule has 5 atom stereocenters. The summed E-state index contributed by atoms with van der Waals surface area (Å²) in [5.41, 5.74) is 0. The van der Waals surface area contributed by atoms with Gasteiger partial charge in [-0.1, -0.05) is 20.8 Å². The Hall–Kier alpha value is -0.900. The third-order valence-corrected chi connectivity index (χ3v) is 4.46. The molecule has 0 saturated heterocycles. The van der Waals surface area contributed by atoms with Gasteiger partial charge in [0.1, 0.15) is 5.78 Å². The fourth-order valence-corrected chi connectivity index (χ4v) is 2.62. The van der Waals surface area contributed by atoms with Gasteiger partial charge >= 0.3 is 5.97 Å². The molecule has 0 bridgehead atoms. The number of aliphatic carboxylic acids is 1. The van der Waals surface area contributed by atoms with Crippen molar-refractivity contribution in [2.24, 2.45) is 23.7 Å². The molecule has 1 saturated carbocycles. The summed E-state index contributed by atoms with van der Waals surface area (Å²) in [5.74, 6) is -0.489. The van der Waals surface area contributed by atoms with Crippen LogP contribution in [-0.2, 0) is 9.59 Å². The van der Waals surface area contributed by atoms with Gasteiger partial charge in [-0.2, -0.15) is 0 Å². The molecular weight excluding hydrogens is 244 g/mol. The summed E-state index contributed by atoms with van der Waals surface area (Å²) in [5, 5.41) is 18.9. The van der Waals surface area contributed by atoms with Crippen LogP contribution in [0.25, 0.3) is 0 Å². The van der Waals surface area contributed by atoms with Gasteiger partial charge in [-0.05, 0) is 37.5 Å². The van der Waals surface area contributed by atoms with Crippen LogP contribution in [0.3, 0.4) is 0 Å². The van der Waals surface area contributed by atoms with Crippen LogP contribution in [0.2, 0.25) is 0 Å². The molecule has 19 heavy (non-hydrogen) atoms. The first-order valence-corrected chi connectivity index (χ1v) is 7.34. The summed E-state index contributed by atoms with van der Waals surface area (Å²) in [6, 6.07) is 0. The van der Waals surface area contributed by atoms with E-state index >= 15 is 0 Å². The Morgan fingerprint density at radius 3 is 2.32 bits per heavy atom. The first-order chi connectivity index (χ1) is 8.90. The molecule has 110 valence electrons. The lowest BCUT2D eigenvalue weighted by molar-refractivity contribution is -0.146. The number of rotatable bonds is 9. The summed E-state index contributed by atoms with van der Waals surface area (Å²) >= 11 is 0. The highest BCUT2D eigenvalue weighted by Crippen LogP contribution is 2.45. The smallest absolute Gasteiger partial charge is 0.309 e. The zero-order valence-corrected chi connectivity index (χ0v) is 12.1. The minimum absolute atomic E-state index is 0.119. The van der Waals surface area contributed by atoms with Gasteiger partial charge < -0.3 is 10.2 Å². The third kappa shape index (κ3) is 4.60. The minimum Gasteiger partial charge on any atom is -0.481 e. The Bertz CT molecular complexity index is 326. The second kappa shape index (κ2) is 7.04. The first-order valence-electron chi connectivity index (χ1n) is 7.34. The molecule has 0 aliphatic heterocycles. The van der Waals surface area contributed by atoms with Crippen molar-refractivity contribution in [2.45, 2.75) is 59.0 Å². The maximum atomic E-state index is 11.8. The molecule has 2 unspecified atom stereocenters. The summed E-state index contributed by atoms with van der Waals surface area (Å²) in [6.45, 7) is 5.74. The third-order valence-electron chi connectivity index (χ3n) is 4.46. The molecule has 1 aliphatic rings. The van der Waals surface area contributed by atoms with Crippen molar-refractivity contribution in [3.8, 4) is 0 Å². The number of ketones is 1. The van der Waals surface area contributed by atoms with E-state index in [0.29, 0.717) is 36.9 Å². The highest BCUT2D eigenvalue weighted by atomic mass is 16.4. The SMILES string of the molecule is CC[C@H](C)C(=O)CC1CC1C[C@@H](O)[C@@H](CC)C(=O)O. The van der Waals surface area contributed by atoms with E-state index in [1.54, 1.807) is 6.92 Å². The highest BCUT2D eigenvalue weighted by Gasteiger charge is 2.41. The van der Waals surface area contributed by atoms with Crippen molar-refractivity contribution in [3.63, 3.8) is 0 Å². The topological polar surface area (TPSA) is 74.6 Å². The number of hydrogen-bond donors (Lipinski definition) is 2. The summed E-state index contributed by atoms with van der Waals surface area (Å²) < 4.78 is 0. The zero-order chi connectivity index (χ0) is 14.6. The largest absolute Gasteiger partial charge is 0.481 e. The molecule has 1 rings (SSSR count). The van der Waals surface area contributed by atoms with Gasteiger partial charge in [-0.25, -0.2) is 0 Å². The van der Waals surface area contributed by atoms with Crippen molar-refractivity contribution >= 4 is 11.8 Å². The van der Waals surface area contributed by atoms with Crippen LogP contribution in [0.15, 0.2) is 0 Å². The number of aliphatic hydroxyl groups excluding tert-OH is 1. The van der Waals surface area contributed by atoms with Crippen LogP contribution in [0.1, 0.15) is 52.9 Å². The maximum Gasteiger partial charge on any atom is 0.309 e. The van der Waals surface area contributed by atoms with Crippen molar-refractivity contribution in [1.82, 2.24) is 0 Å². The lowest BCUT2D eigenvalue weighted by Crippen LogP contribution is -2.28. The number of carboxylic acid groups (broad SMARTS) is 1. The standard InChI is InChI=1S/C15H26O4/c1-4-9(3)13(16)7-10-6-11(10)8-14(17)12(5-2)15(18)19/h9-12,14,17H,4-8H2,1-3H3,(H,18,19)/t9-,10?,11?,12+,14+/m0/s1. The normalized spacial score (nSPS) is 26.5. The van der Waals surface area contributed by atoms with Crippen LogP contribution in [0.5, 0.6) is 0 Å². The van der Waals surface area contributed by atoms with E-state index in [1.165, 1.54) is 0 Å². The second-order valence-corrected chi connectivity index (χ2v) is 5.89. The van der Waals surface area contributed by atoms with Crippen LogP contribution in [0.4, 0.5) is 0 Å². The van der Waals surface area contributed by atoms with Gasteiger partial charge in [0.2, 0.25) is 0 Å². The minimum atomic E-state index is -0.928. The predicted molar refractivity (Wildman–Crippen MR) is 72.7 cm³/mol. The summed E-state index contributed by atoms with van der Waals surface area (Å²) in [4.78, 5) is 22.7. The molecule has 2 N–H and O–H groups in total. The Morgan fingerprint density at radius 1 is 1.21 bits per heavy atom. The number of Topliss-reactive ketones (excluding diaryl/α,β-unsaturated/α-hetero) is 1. The van der Waals surface area contributed by atoms with E-state index in [-0.39, 0.29) is 5.92 Å². The predicted octanol–water partition coefficient (Wildman–Crippen LogP) is 2.49. The molecule has 4 nitrogen and oxygen atoms in total. The summed E-state index contributed by atoms with van der Waals surface area (Å²) in [6.07, 6.45) is 2.60. The molecular formula is C15H26O4. The number of carboxylic acids is 1. The second-order valence-electron chi connectivity index (χ2n) is 5.89. The lowest BCUT2D eigenvalue weighted by atomic mass is 9.93. The highest BCUT2D eigenvalue weighted by molar-refractivity contribution is 5.81. The molecule has 4 heteroatoms. The van der Waals surface area contributed by atoms with Crippen LogP contribution < -0.4 is 0 Å². The van der Waals surface area contributed by atoms with Crippen molar-refractivity contribution in [2.75, 3.05) is 0 Å². The van der Waals surface area contributed by atoms with Gasteiger partial charge in [-0.3, -0.25) is 9.59 Å². The van der Waals surface area contributed by atoms with Gasteiger partial charge in [-0.15, -0.1) is 0 Å². The fourth-order valence-electron chi connectivity index (χ4n) is 2.62. The van der Waals surface area contributed by atoms with Crippen LogP contribution in [-0.4, -0.2) is 28.1 Å². The van der Waals surface area contributed by atoms with E-state index in [1.807, 2.05) is 13.8 Å². The molecule has 0 aromatic heterocycles. The molecule has 0 amide bonds. The van der Waals surface area contributed by atoms with Crippen molar-refractivity contribution < 1.29 is 19.8 Å². The molecule has 0 radical (unpaired) electrons. The number of hydrogen-bond acceptors (Lipinski definition) is 3. The maximum absolute atomic E-state index is 11.8. The number of carbonyl (C=O) groups excluding carboxylic acids is 1. The Balaban J connectivity index is 2.34. The molecule has 1 fully saturated rings. The first kappa shape index (κ1) is 16.2. The Kier molecular flexibility index (Phi) is 5.98. The molecule has 0 heterocycles. The Labute approximate surface area is 115 Å². The van der Waals surface area contributed by atoms with E-state index in [2.05, 4.69) is 0 Å². The Morgan fingerprint density at radius 2 is 1.84 bits per heavy atom. The van der Waals surface area contributed by atoms with Crippen LogP contribution >= 0.6 is 0 Å². The fraction of sp³-hybridized carbons (Fsp3) is 0.867. The average molecular weight is 270 g/mol. The number of aliphatic hydroxyl groups is 1. The van der Waals surface area contributed by atoms with Crippen LogP contribution in [0, 0.1) is 23.7 Å². The monoisotopic (exact) mass is 270 g/mol. The quantitative estimate of drug-likeness (QED) is 0.675. The van der Waals surface area contributed by atoms with Gasteiger partial charge in [0.05, 0.1) is 12.0 Å². The van der Waals surface area contributed by atoms with E-state index < -0.39 is 18.0 Å². The van der Waals surface area contributed by atoms with E-state index in [9.17, 15) is 14.7 Å². The number of carbonyl (C=O) groups is 2.